The summed E-state index contributed by atoms with van der Waals surface area (Å²) in [5, 5.41) is 0.439. The van der Waals surface area contributed by atoms with Gasteiger partial charge in [0.2, 0.25) is 0 Å². The van der Waals surface area contributed by atoms with E-state index >= 15 is 0 Å². The number of benzene rings is 1. The first kappa shape index (κ1) is 18.3. The largest absolute Gasteiger partial charge is 0.264 e. The Morgan fingerprint density at radius 2 is 1.57 bits per heavy atom. The average Bonchev–Trinajstić information content (AvgIpc) is 2.75. The van der Waals surface area contributed by atoms with Crippen molar-refractivity contribution in [1.29, 1.82) is 0 Å². The van der Waals surface area contributed by atoms with E-state index in [-0.39, 0.29) is 5.82 Å². The Kier molecular flexibility index (Phi) is 5.13. The maximum absolute atomic E-state index is 13.7. The molecule has 0 aliphatic rings. The molecule has 3 heterocycles. The summed E-state index contributed by atoms with van der Waals surface area (Å²) in [4.78, 5) is 13.2. The number of hydrogen-bond donors (Lipinski definition) is 0. The molecule has 0 saturated heterocycles. The first-order chi connectivity index (χ1) is 13.7. The van der Waals surface area contributed by atoms with E-state index in [1.54, 1.807) is 30.7 Å². The Labute approximate surface area is 167 Å². The predicted octanol–water partition coefficient (Wildman–Crippen LogP) is 5.24. The minimum Gasteiger partial charge on any atom is -0.264 e. The van der Waals surface area contributed by atoms with Crippen molar-refractivity contribution in [3.63, 3.8) is 0 Å². The normalized spacial score (nSPS) is 13.1. The fraction of sp³-hybridized carbons (Fsp3) is 0.0870. The van der Waals surface area contributed by atoms with Gasteiger partial charge in [0.15, 0.2) is 0 Å². The molecule has 0 N–H and O–H groups in total. The molecule has 0 fully saturated rings. The smallest absolute Gasteiger partial charge is 0.132 e. The van der Waals surface area contributed by atoms with Crippen molar-refractivity contribution >= 4 is 11.6 Å². The molecule has 5 heteroatoms. The molecule has 0 radical (unpaired) electrons. The van der Waals surface area contributed by atoms with E-state index in [0.717, 1.165) is 22.4 Å². The zero-order chi connectivity index (χ0) is 19.4. The lowest BCUT2D eigenvalue weighted by Crippen LogP contribution is -2.33. The van der Waals surface area contributed by atoms with Gasteiger partial charge in [-0.05, 0) is 59.5 Å². The summed E-state index contributed by atoms with van der Waals surface area (Å²) >= 11 is 6.41. The summed E-state index contributed by atoms with van der Waals surface area (Å²) in [7, 11) is 0. The highest BCUT2D eigenvalue weighted by Gasteiger charge is 2.38. The number of halogens is 2. The lowest BCUT2D eigenvalue weighted by atomic mass is 9.68. The van der Waals surface area contributed by atoms with Crippen LogP contribution in [0.5, 0.6) is 0 Å². The van der Waals surface area contributed by atoms with Gasteiger partial charge in [-0.25, -0.2) is 9.37 Å². The van der Waals surface area contributed by atoms with Gasteiger partial charge in [0.05, 0.1) is 11.1 Å². The molecule has 28 heavy (non-hydrogen) atoms. The van der Waals surface area contributed by atoms with E-state index in [0.29, 0.717) is 11.6 Å². The molecular formula is C23H17ClFN3. The van der Waals surface area contributed by atoms with E-state index in [9.17, 15) is 4.39 Å². The van der Waals surface area contributed by atoms with Crippen LogP contribution in [0.15, 0.2) is 91.5 Å². The summed E-state index contributed by atoms with van der Waals surface area (Å²) < 4.78 is 13.7. The molecule has 4 aromatic rings. The van der Waals surface area contributed by atoms with Gasteiger partial charge < -0.3 is 0 Å². The lowest BCUT2D eigenvalue weighted by Gasteiger charge is -2.35. The molecule has 1 aromatic carbocycles. The van der Waals surface area contributed by atoms with Crippen LogP contribution in [0.1, 0.15) is 22.4 Å². The van der Waals surface area contributed by atoms with Crippen molar-refractivity contribution in [3.8, 4) is 0 Å². The molecule has 0 saturated carbocycles. The molecular weight excluding hydrogens is 373 g/mol. The van der Waals surface area contributed by atoms with Crippen LogP contribution in [0.4, 0.5) is 4.39 Å². The Morgan fingerprint density at radius 3 is 2.25 bits per heavy atom. The molecule has 4 rings (SSSR count). The summed E-state index contributed by atoms with van der Waals surface area (Å²) in [5.41, 5.74) is 2.86. The molecule has 138 valence electrons. The number of nitrogens with zero attached hydrogens (tertiary/aromatic N) is 3. The minimum atomic E-state index is -0.699. The zero-order valence-corrected chi connectivity index (χ0v) is 15.7. The fourth-order valence-corrected chi connectivity index (χ4v) is 3.74. The second-order valence-electron chi connectivity index (χ2n) is 6.50. The van der Waals surface area contributed by atoms with Gasteiger partial charge in [0, 0.05) is 24.8 Å². The summed E-state index contributed by atoms with van der Waals surface area (Å²) in [5.74, 6) is -0.288. The highest BCUT2D eigenvalue weighted by Crippen LogP contribution is 2.41. The van der Waals surface area contributed by atoms with Crippen molar-refractivity contribution in [3.05, 3.63) is 125 Å². The van der Waals surface area contributed by atoms with E-state index in [1.807, 2.05) is 48.7 Å². The van der Waals surface area contributed by atoms with Crippen molar-refractivity contribution in [1.82, 2.24) is 15.0 Å². The quantitative estimate of drug-likeness (QED) is 0.438. The maximum atomic E-state index is 13.7. The standard InChI is InChI=1S/C23H17ClFN3/c24-22-17(5-3-14-28-22)15-23(19-6-4-12-26-16-19,21-7-1-2-13-27-21)18-8-10-20(25)11-9-18/h1-14,16H,15H2. The van der Waals surface area contributed by atoms with E-state index in [1.165, 1.54) is 12.1 Å². The van der Waals surface area contributed by atoms with Crippen LogP contribution in [0.2, 0.25) is 5.15 Å². The highest BCUT2D eigenvalue weighted by molar-refractivity contribution is 6.30. The summed E-state index contributed by atoms with van der Waals surface area (Å²) in [6.07, 6.45) is 7.48. The predicted molar refractivity (Wildman–Crippen MR) is 108 cm³/mol. The second kappa shape index (κ2) is 7.87. The maximum Gasteiger partial charge on any atom is 0.132 e. The fourth-order valence-electron chi connectivity index (χ4n) is 3.56. The van der Waals surface area contributed by atoms with Crippen LogP contribution in [0, 0.1) is 5.82 Å². The number of rotatable bonds is 5. The Bertz CT molecular complexity index is 1010. The third kappa shape index (κ3) is 3.39. The van der Waals surface area contributed by atoms with Crippen LogP contribution in [-0.4, -0.2) is 15.0 Å². The van der Waals surface area contributed by atoms with E-state index < -0.39 is 5.41 Å². The van der Waals surface area contributed by atoms with E-state index in [4.69, 9.17) is 11.6 Å². The monoisotopic (exact) mass is 389 g/mol. The number of hydrogen-bond acceptors (Lipinski definition) is 3. The Hall–Kier alpha value is -3.11. The molecule has 0 aliphatic carbocycles. The summed E-state index contributed by atoms with van der Waals surface area (Å²) in [6, 6.07) is 20.0. The molecule has 1 atom stereocenters. The average molecular weight is 390 g/mol. The second-order valence-corrected chi connectivity index (χ2v) is 6.86. The molecule has 0 spiro atoms. The molecule has 0 bridgehead atoms. The van der Waals surface area contributed by atoms with Crippen LogP contribution < -0.4 is 0 Å². The van der Waals surface area contributed by atoms with Crippen molar-refractivity contribution in [2.24, 2.45) is 0 Å². The van der Waals surface area contributed by atoms with Crippen molar-refractivity contribution in [2.45, 2.75) is 11.8 Å². The van der Waals surface area contributed by atoms with Crippen LogP contribution >= 0.6 is 11.6 Å². The molecule has 3 nitrogen and oxygen atoms in total. The van der Waals surface area contributed by atoms with Gasteiger partial charge in [0.25, 0.3) is 0 Å². The van der Waals surface area contributed by atoms with Crippen LogP contribution in [0.3, 0.4) is 0 Å². The van der Waals surface area contributed by atoms with Gasteiger partial charge >= 0.3 is 0 Å². The topological polar surface area (TPSA) is 38.7 Å². The number of pyridine rings is 3. The molecule has 0 amide bonds. The van der Waals surface area contributed by atoms with Gasteiger partial charge in [-0.1, -0.05) is 41.9 Å². The SMILES string of the molecule is Fc1ccc(C(Cc2cccnc2Cl)(c2cccnc2)c2ccccn2)cc1. The third-order valence-corrected chi connectivity index (χ3v) is 5.23. The van der Waals surface area contributed by atoms with E-state index in [2.05, 4.69) is 15.0 Å². The molecule has 0 aliphatic heterocycles. The lowest BCUT2D eigenvalue weighted by molar-refractivity contribution is 0.582. The Balaban J connectivity index is 2.02. The van der Waals surface area contributed by atoms with Crippen molar-refractivity contribution in [2.75, 3.05) is 0 Å². The van der Waals surface area contributed by atoms with Crippen LogP contribution in [0.25, 0.3) is 0 Å². The van der Waals surface area contributed by atoms with Gasteiger partial charge in [-0.2, -0.15) is 0 Å². The van der Waals surface area contributed by atoms with Gasteiger partial charge in [-0.3, -0.25) is 9.97 Å². The molecule has 3 aromatic heterocycles. The third-order valence-electron chi connectivity index (χ3n) is 4.89. The summed E-state index contributed by atoms with van der Waals surface area (Å²) in [6.45, 7) is 0. The van der Waals surface area contributed by atoms with Crippen LogP contribution in [-0.2, 0) is 11.8 Å². The molecule has 1 unspecified atom stereocenters. The Morgan fingerprint density at radius 1 is 0.786 bits per heavy atom. The zero-order valence-electron chi connectivity index (χ0n) is 15.0. The van der Waals surface area contributed by atoms with Crippen molar-refractivity contribution < 1.29 is 4.39 Å². The first-order valence-electron chi connectivity index (χ1n) is 8.87. The van der Waals surface area contributed by atoms with Gasteiger partial charge in [0.1, 0.15) is 11.0 Å². The van der Waals surface area contributed by atoms with Gasteiger partial charge in [-0.15, -0.1) is 0 Å². The number of aromatic nitrogens is 3. The first-order valence-corrected chi connectivity index (χ1v) is 9.25. The highest BCUT2D eigenvalue weighted by atomic mass is 35.5. The minimum absolute atomic E-state index is 0.288.